The van der Waals surface area contributed by atoms with Crippen molar-refractivity contribution in [3.05, 3.63) is 47.5 Å². The molecule has 1 aliphatic heterocycles. The molecule has 0 N–H and O–H groups in total. The summed E-state index contributed by atoms with van der Waals surface area (Å²) in [7, 11) is 2.03. The van der Waals surface area contributed by atoms with E-state index in [1.54, 1.807) is 0 Å². The van der Waals surface area contributed by atoms with Crippen LogP contribution < -0.4 is 0 Å². The molecule has 1 aliphatic rings. The van der Waals surface area contributed by atoms with Gasteiger partial charge in [0.25, 0.3) is 0 Å². The molecule has 82 valence electrons. The van der Waals surface area contributed by atoms with E-state index in [0.717, 1.165) is 6.42 Å². The molecule has 2 nitrogen and oxygen atoms in total. The highest BCUT2D eigenvalue weighted by Gasteiger charge is 2.28. The van der Waals surface area contributed by atoms with Crippen molar-refractivity contribution in [3.63, 3.8) is 0 Å². The van der Waals surface area contributed by atoms with Gasteiger partial charge >= 0.3 is 0 Å². The van der Waals surface area contributed by atoms with Gasteiger partial charge in [-0.3, -0.25) is 4.90 Å². The van der Waals surface area contributed by atoms with Crippen LogP contribution in [0.5, 0.6) is 0 Å². The van der Waals surface area contributed by atoms with Crippen LogP contribution in [0.3, 0.4) is 0 Å². The number of hydrogen-bond acceptors (Lipinski definition) is 2. The zero-order valence-electron chi connectivity index (χ0n) is 9.72. The average Bonchev–Trinajstić information content (AvgIpc) is 2.31. The predicted molar refractivity (Wildman–Crippen MR) is 64.7 cm³/mol. The maximum atomic E-state index is 9.09. The zero-order chi connectivity index (χ0) is 11.5. The monoisotopic (exact) mass is 212 g/mol. The first-order chi connectivity index (χ1) is 7.74. The molecular weight excluding hydrogens is 196 g/mol. The minimum Gasteiger partial charge on any atom is -0.280 e. The first-order valence-electron chi connectivity index (χ1n) is 5.57. The van der Waals surface area contributed by atoms with Gasteiger partial charge in [-0.05, 0) is 26.0 Å². The molecule has 0 saturated heterocycles. The van der Waals surface area contributed by atoms with Crippen LogP contribution in [0.1, 0.15) is 24.9 Å². The van der Waals surface area contributed by atoms with E-state index in [9.17, 15) is 0 Å². The summed E-state index contributed by atoms with van der Waals surface area (Å²) in [5.41, 5.74) is 2.60. The molecule has 0 aliphatic carbocycles. The van der Waals surface area contributed by atoms with Crippen LogP contribution in [0.4, 0.5) is 0 Å². The molecule has 0 bridgehead atoms. The van der Waals surface area contributed by atoms with Crippen LogP contribution in [0.25, 0.3) is 0 Å². The fraction of sp³-hybridized carbons (Fsp3) is 0.357. The molecule has 0 fully saturated rings. The van der Waals surface area contributed by atoms with E-state index in [0.29, 0.717) is 0 Å². The Kier molecular flexibility index (Phi) is 3.07. The van der Waals surface area contributed by atoms with Crippen molar-refractivity contribution in [2.24, 2.45) is 0 Å². The Hall–Kier alpha value is -1.59. The summed E-state index contributed by atoms with van der Waals surface area (Å²) in [6.45, 7) is 2.14. The van der Waals surface area contributed by atoms with E-state index in [2.05, 4.69) is 36.1 Å². The lowest BCUT2D eigenvalue weighted by molar-refractivity contribution is 0.221. The maximum absolute atomic E-state index is 9.09. The third-order valence-electron chi connectivity index (χ3n) is 3.26. The van der Waals surface area contributed by atoms with Gasteiger partial charge in [0.05, 0.1) is 12.1 Å². The van der Waals surface area contributed by atoms with E-state index >= 15 is 0 Å². The van der Waals surface area contributed by atoms with Crippen molar-refractivity contribution in [2.75, 3.05) is 7.05 Å². The molecule has 2 unspecified atom stereocenters. The Labute approximate surface area is 96.8 Å². The van der Waals surface area contributed by atoms with Gasteiger partial charge in [0, 0.05) is 0 Å². The lowest BCUT2D eigenvalue weighted by atomic mass is 9.91. The van der Waals surface area contributed by atoms with Gasteiger partial charge in [-0.1, -0.05) is 42.0 Å². The third kappa shape index (κ3) is 1.87. The maximum Gasteiger partial charge on any atom is 0.102 e. The smallest absolute Gasteiger partial charge is 0.102 e. The van der Waals surface area contributed by atoms with Gasteiger partial charge in [-0.15, -0.1) is 0 Å². The molecule has 0 amide bonds. The minimum atomic E-state index is -0.00564. The van der Waals surface area contributed by atoms with Crippen LogP contribution >= 0.6 is 0 Å². The normalized spacial score (nSPS) is 25.9. The lowest BCUT2D eigenvalue weighted by Gasteiger charge is -2.36. The topological polar surface area (TPSA) is 27.0 Å². The SMILES string of the molecule is CC1=CCC(C#N)N(C)C1c1ccccc1. The van der Waals surface area contributed by atoms with E-state index < -0.39 is 0 Å². The standard InChI is InChI=1S/C14H16N2/c1-11-8-9-13(10-15)16(2)14(11)12-6-4-3-5-7-12/h3-8,13-14H,9H2,1-2H3. The van der Waals surface area contributed by atoms with Crippen molar-refractivity contribution < 1.29 is 0 Å². The number of benzene rings is 1. The van der Waals surface area contributed by atoms with Crippen molar-refractivity contribution >= 4 is 0 Å². The van der Waals surface area contributed by atoms with Gasteiger partial charge in [0.15, 0.2) is 0 Å². The van der Waals surface area contributed by atoms with Crippen LogP contribution in [0, 0.1) is 11.3 Å². The van der Waals surface area contributed by atoms with Gasteiger partial charge < -0.3 is 0 Å². The highest BCUT2D eigenvalue weighted by molar-refractivity contribution is 5.30. The second-order valence-corrected chi connectivity index (χ2v) is 4.31. The fourth-order valence-corrected chi connectivity index (χ4v) is 2.35. The number of rotatable bonds is 1. The van der Waals surface area contributed by atoms with Crippen molar-refractivity contribution in [3.8, 4) is 6.07 Å². The van der Waals surface area contributed by atoms with Crippen LogP contribution in [-0.2, 0) is 0 Å². The lowest BCUT2D eigenvalue weighted by Crippen LogP contribution is -2.37. The molecule has 2 heteroatoms. The van der Waals surface area contributed by atoms with Gasteiger partial charge in [-0.25, -0.2) is 0 Å². The molecule has 0 aromatic heterocycles. The Balaban J connectivity index is 2.36. The molecule has 1 heterocycles. The summed E-state index contributed by atoms with van der Waals surface area (Å²) in [6, 6.07) is 13.0. The molecule has 1 aromatic rings. The molecule has 2 rings (SSSR count). The number of likely N-dealkylation sites (N-methyl/N-ethyl adjacent to an activating group) is 1. The average molecular weight is 212 g/mol. The van der Waals surface area contributed by atoms with Crippen LogP contribution in [0.15, 0.2) is 42.0 Å². The Morgan fingerprint density at radius 3 is 2.62 bits per heavy atom. The third-order valence-corrected chi connectivity index (χ3v) is 3.26. The first kappa shape index (κ1) is 10.9. The van der Waals surface area contributed by atoms with E-state index in [1.165, 1.54) is 11.1 Å². The van der Waals surface area contributed by atoms with Crippen LogP contribution in [-0.4, -0.2) is 18.0 Å². The largest absolute Gasteiger partial charge is 0.280 e. The Morgan fingerprint density at radius 1 is 1.31 bits per heavy atom. The van der Waals surface area contributed by atoms with E-state index in [-0.39, 0.29) is 12.1 Å². The molecule has 2 atom stereocenters. The first-order valence-corrected chi connectivity index (χ1v) is 5.57. The number of hydrogen-bond donors (Lipinski definition) is 0. The van der Waals surface area contributed by atoms with Crippen molar-refractivity contribution in [2.45, 2.75) is 25.4 Å². The predicted octanol–water partition coefficient (Wildman–Crippen LogP) is 2.90. The van der Waals surface area contributed by atoms with Gasteiger partial charge in [0.1, 0.15) is 6.04 Å². The van der Waals surface area contributed by atoms with E-state index in [1.807, 2.05) is 25.2 Å². The molecule has 0 spiro atoms. The summed E-state index contributed by atoms with van der Waals surface area (Å²) in [6.07, 6.45) is 3.02. The van der Waals surface area contributed by atoms with Crippen LogP contribution in [0.2, 0.25) is 0 Å². The van der Waals surface area contributed by atoms with Crippen molar-refractivity contribution in [1.82, 2.24) is 4.90 Å². The molecular formula is C14H16N2. The van der Waals surface area contributed by atoms with E-state index in [4.69, 9.17) is 5.26 Å². The second-order valence-electron chi connectivity index (χ2n) is 4.31. The Morgan fingerprint density at radius 2 is 2.00 bits per heavy atom. The van der Waals surface area contributed by atoms with Gasteiger partial charge in [-0.2, -0.15) is 5.26 Å². The highest BCUT2D eigenvalue weighted by Crippen LogP contribution is 2.33. The summed E-state index contributed by atoms with van der Waals surface area (Å²) >= 11 is 0. The van der Waals surface area contributed by atoms with Gasteiger partial charge in [0.2, 0.25) is 0 Å². The molecule has 16 heavy (non-hydrogen) atoms. The molecule has 0 radical (unpaired) electrons. The summed E-state index contributed by atoms with van der Waals surface area (Å²) in [4.78, 5) is 2.16. The number of nitriles is 1. The summed E-state index contributed by atoms with van der Waals surface area (Å²) in [5.74, 6) is 0. The highest BCUT2D eigenvalue weighted by atomic mass is 15.2. The second kappa shape index (κ2) is 4.51. The minimum absolute atomic E-state index is 0.00564. The fourth-order valence-electron chi connectivity index (χ4n) is 2.35. The molecule has 0 saturated carbocycles. The quantitative estimate of drug-likeness (QED) is 0.669. The zero-order valence-corrected chi connectivity index (χ0v) is 9.72. The summed E-state index contributed by atoms with van der Waals surface area (Å²) in [5, 5.41) is 9.09. The molecule has 1 aromatic carbocycles. The summed E-state index contributed by atoms with van der Waals surface area (Å²) < 4.78 is 0. The van der Waals surface area contributed by atoms with Crippen molar-refractivity contribution in [1.29, 1.82) is 5.26 Å². The Bertz CT molecular complexity index is 428. The number of nitrogens with zero attached hydrogens (tertiary/aromatic N) is 2.